The normalized spacial score (nSPS) is 29.8. The van der Waals surface area contributed by atoms with Crippen LogP contribution in [-0.2, 0) is 9.53 Å². The van der Waals surface area contributed by atoms with Gasteiger partial charge in [-0.25, -0.2) is 4.79 Å². The zero-order valence-corrected chi connectivity index (χ0v) is 14.3. The number of rotatable bonds is 1. The number of aliphatic carboxylic acids is 1. The van der Waals surface area contributed by atoms with Gasteiger partial charge in [0.05, 0.1) is 4.47 Å². The smallest absolute Gasteiger partial charge is 0.335 e. The van der Waals surface area contributed by atoms with Crippen LogP contribution in [0, 0.1) is 0 Å². The molecule has 0 amide bonds. The molecular weight excluding hydrogens is 410 g/mol. The van der Waals surface area contributed by atoms with E-state index in [0.29, 0.717) is 5.15 Å². The van der Waals surface area contributed by atoms with Crippen molar-refractivity contribution < 1.29 is 35.1 Å². The molecular formula is C14H15BrClNO7. The number of benzene rings is 1. The molecule has 1 aliphatic heterocycles. The maximum Gasteiger partial charge on any atom is 0.335 e. The first-order valence-corrected chi connectivity index (χ1v) is 7.93. The van der Waals surface area contributed by atoms with E-state index in [4.69, 9.17) is 37.1 Å². The minimum atomic E-state index is -1.81. The molecule has 1 aromatic heterocycles. The van der Waals surface area contributed by atoms with E-state index < -0.39 is 36.7 Å². The molecule has 0 saturated carbocycles. The van der Waals surface area contributed by atoms with E-state index >= 15 is 0 Å². The van der Waals surface area contributed by atoms with Crippen LogP contribution in [0.5, 0.6) is 0 Å². The van der Waals surface area contributed by atoms with Gasteiger partial charge in [0.1, 0.15) is 23.5 Å². The molecule has 5 atom stereocenters. The Kier molecular flexibility index (Phi) is 6.21. The number of aliphatic hydroxyl groups excluding tert-OH is 4. The summed E-state index contributed by atoms with van der Waals surface area (Å²) in [5.41, 5.74) is 1.06. The van der Waals surface area contributed by atoms with Crippen molar-refractivity contribution in [3.05, 3.63) is 33.9 Å². The minimum absolute atomic E-state index is 0.659. The number of hydrogen-bond acceptors (Lipinski definition) is 6. The molecule has 2 heterocycles. The Bertz CT molecular complexity index is 724. The first-order valence-electron chi connectivity index (χ1n) is 6.76. The fourth-order valence-electron chi connectivity index (χ4n) is 2.14. The minimum Gasteiger partial charge on any atom is -0.479 e. The molecule has 8 nitrogen and oxygen atoms in total. The summed E-state index contributed by atoms with van der Waals surface area (Å²) in [5, 5.41) is 46.1. The van der Waals surface area contributed by atoms with Crippen molar-refractivity contribution in [1.82, 2.24) is 4.98 Å². The van der Waals surface area contributed by atoms with Crippen molar-refractivity contribution in [3.8, 4) is 0 Å². The number of ether oxygens (including phenoxy) is 1. The molecule has 0 unspecified atom stereocenters. The lowest BCUT2D eigenvalue weighted by atomic mass is 9.99. The molecule has 10 heteroatoms. The molecule has 0 spiro atoms. The SMILES string of the molecule is Clc1[nH]c2ccccc2c1Br.O=C(O)[C@H]1O[C@@H](O)[C@H](O)[C@@H](O)[C@@H]1O. The molecule has 1 aromatic carbocycles. The molecule has 1 aliphatic rings. The third kappa shape index (κ3) is 3.89. The van der Waals surface area contributed by atoms with Crippen molar-refractivity contribution in [1.29, 1.82) is 0 Å². The zero-order valence-electron chi connectivity index (χ0n) is 12.0. The lowest BCUT2D eigenvalue weighted by molar-refractivity contribution is -0.279. The third-order valence-electron chi connectivity index (χ3n) is 3.43. The highest BCUT2D eigenvalue weighted by atomic mass is 79.9. The molecule has 24 heavy (non-hydrogen) atoms. The molecule has 3 rings (SSSR count). The van der Waals surface area contributed by atoms with Crippen LogP contribution in [0.4, 0.5) is 0 Å². The Balaban J connectivity index is 0.000000175. The predicted molar refractivity (Wildman–Crippen MR) is 87.5 cm³/mol. The van der Waals surface area contributed by atoms with Gasteiger partial charge in [0.2, 0.25) is 0 Å². The molecule has 2 aromatic rings. The molecule has 6 N–H and O–H groups in total. The van der Waals surface area contributed by atoms with Crippen LogP contribution < -0.4 is 0 Å². The van der Waals surface area contributed by atoms with Crippen LogP contribution in [0.25, 0.3) is 10.9 Å². The monoisotopic (exact) mass is 423 g/mol. The van der Waals surface area contributed by atoms with E-state index in [1.165, 1.54) is 0 Å². The Hall–Kier alpha value is -1.20. The van der Waals surface area contributed by atoms with E-state index in [0.717, 1.165) is 15.4 Å². The second kappa shape index (κ2) is 7.79. The lowest BCUT2D eigenvalue weighted by Crippen LogP contribution is -2.59. The third-order valence-corrected chi connectivity index (χ3v) is 4.77. The molecule has 0 radical (unpaired) electrons. The topological polar surface area (TPSA) is 143 Å². The zero-order chi connectivity index (χ0) is 18.0. The molecule has 1 fully saturated rings. The van der Waals surface area contributed by atoms with Gasteiger partial charge in [-0.1, -0.05) is 29.8 Å². The van der Waals surface area contributed by atoms with Crippen LogP contribution in [0.1, 0.15) is 0 Å². The number of aliphatic hydroxyl groups is 4. The lowest BCUT2D eigenvalue weighted by Gasteiger charge is -2.36. The second-order valence-electron chi connectivity index (χ2n) is 5.06. The summed E-state index contributed by atoms with van der Waals surface area (Å²) < 4.78 is 5.28. The van der Waals surface area contributed by atoms with Crippen molar-refractivity contribution in [3.63, 3.8) is 0 Å². The quantitative estimate of drug-likeness (QED) is 0.390. The highest BCUT2D eigenvalue weighted by molar-refractivity contribution is 9.10. The van der Waals surface area contributed by atoms with Gasteiger partial charge in [-0.15, -0.1) is 0 Å². The number of nitrogens with one attached hydrogen (secondary N) is 1. The van der Waals surface area contributed by atoms with Gasteiger partial charge < -0.3 is 35.3 Å². The second-order valence-corrected chi connectivity index (χ2v) is 6.23. The van der Waals surface area contributed by atoms with E-state index in [2.05, 4.69) is 25.7 Å². The number of aromatic nitrogens is 1. The van der Waals surface area contributed by atoms with E-state index in [1.54, 1.807) is 0 Å². The maximum atomic E-state index is 10.4. The van der Waals surface area contributed by atoms with Crippen LogP contribution in [0.15, 0.2) is 28.7 Å². The number of aromatic amines is 1. The van der Waals surface area contributed by atoms with Gasteiger partial charge in [-0.2, -0.15) is 0 Å². The number of hydrogen-bond donors (Lipinski definition) is 6. The fourth-order valence-corrected chi connectivity index (χ4v) is 2.79. The van der Waals surface area contributed by atoms with Crippen LogP contribution >= 0.6 is 27.5 Å². The number of carboxylic acids is 1. The van der Waals surface area contributed by atoms with Gasteiger partial charge in [0.25, 0.3) is 0 Å². The van der Waals surface area contributed by atoms with Gasteiger partial charge in [-0.05, 0) is 22.0 Å². The number of para-hydroxylation sites is 1. The standard InChI is InChI=1S/C8H5BrClN.C6H10O7/c9-7-5-3-1-2-4-6(5)11-8(7)10;7-1-2(8)4(5(10)11)13-6(12)3(1)9/h1-4,11H;1-4,6-9,12H,(H,10,11)/t;1-,2-,3+,4-,6+/m.0/s1. The Labute approximate surface area is 149 Å². The van der Waals surface area contributed by atoms with E-state index in [9.17, 15) is 4.79 Å². The Morgan fingerprint density at radius 1 is 1.12 bits per heavy atom. The van der Waals surface area contributed by atoms with Gasteiger partial charge in [-0.3, -0.25) is 0 Å². The summed E-state index contributed by atoms with van der Waals surface area (Å²) in [6.45, 7) is 0. The van der Waals surface area contributed by atoms with E-state index in [1.807, 2.05) is 24.3 Å². The van der Waals surface area contributed by atoms with Crippen LogP contribution in [0.3, 0.4) is 0 Å². The largest absolute Gasteiger partial charge is 0.479 e. The summed E-state index contributed by atoms with van der Waals surface area (Å²) >= 11 is 9.24. The maximum absolute atomic E-state index is 10.4. The highest BCUT2D eigenvalue weighted by Gasteiger charge is 2.46. The number of carbonyl (C=O) groups is 1. The predicted octanol–water partition coefficient (Wildman–Crippen LogP) is 0.455. The molecule has 1 saturated heterocycles. The first-order chi connectivity index (χ1) is 11.2. The Morgan fingerprint density at radius 2 is 1.75 bits per heavy atom. The average molecular weight is 425 g/mol. The Morgan fingerprint density at radius 3 is 2.33 bits per heavy atom. The summed E-state index contributed by atoms with van der Waals surface area (Å²) in [4.78, 5) is 13.4. The summed E-state index contributed by atoms with van der Waals surface area (Å²) in [6, 6.07) is 7.96. The van der Waals surface area contributed by atoms with Crippen molar-refractivity contribution in [2.24, 2.45) is 0 Å². The van der Waals surface area contributed by atoms with Crippen molar-refractivity contribution in [2.45, 2.75) is 30.7 Å². The number of H-pyrrole nitrogens is 1. The van der Waals surface area contributed by atoms with Crippen molar-refractivity contribution in [2.75, 3.05) is 0 Å². The van der Waals surface area contributed by atoms with E-state index in [-0.39, 0.29) is 0 Å². The number of halogens is 2. The number of fused-ring (bicyclic) bond motifs is 1. The fraction of sp³-hybridized carbons (Fsp3) is 0.357. The number of carboxylic acid groups (broad SMARTS) is 1. The average Bonchev–Trinajstić information content (AvgIpc) is 2.84. The van der Waals surface area contributed by atoms with Gasteiger partial charge >= 0.3 is 5.97 Å². The van der Waals surface area contributed by atoms with Crippen LogP contribution in [-0.4, -0.2) is 67.2 Å². The van der Waals surface area contributed by atoms with Crippen LogP contribution in [0.2, 0.25) is 5.15 Å². The van der Waals surface area contributed by atoms with Crippen molar-refractivity contribution >= 4 is 44.4 Å². The molecule has 0 aliphatic carbocycles. The summed E-state index contributed by atoms with van der Waals surface area (Å²) in [7, 11) is 0. The van der Waals surface area contributed by atoms with Gasteiger partial charge in [0, 0.05) is 10.9 Å². The molecule has 0 bridgehead atoms. The van der Waals surface area contributed by atoms with Gasteiger partial charge in [0.15, 0.2) is 12.4 Å². The molecule has 132 valence electrons. The highest BCUT2D eigenvalue weighted by Crippen LogP contribution is 2.30. The summed E-state index contributed by atoms with van der Waals surface area (Å²) in [6.07, 6.45) is -8.72. The summed E-state index contributed by atoms with van der Waals surface area (Å²) in [5.74, 6) is -1.52. The first kappa shape index (κ1) is 19.1.